The molecule has 0 saturated carbocycles. The summed E-state index contributed by atoms with van der Waals surface area (Å²) < 4.78 is 5.98. The van der Waals surface area contributed by atoms with Crippen molar-refractivity contribution >= 4 is 5.91 Å². The smallest absolute Gasteiger partial charge is 0.265 e. The predicted molar refractivity (Wildman–Crippen MR) is 94.3 cm³/mol. The van der Waals surface area contributed by atoms with Gasteiger partial charge in [0.15, 0.2) is 0 Å². The fourth-order valence-electron chi connectivity index (χ4n) is 2.45. The summed E-state index contributed by atoms with van der Waals surface area (Å²) in [4.78, 5) is 11.4. The van der Waals surface area contributed by atoms with Crippen LogP contribution in [-0.4, -0.2) is 5.91 Å². The van der Waals surface area contributed by atoms with Gasteiger partial charge >= 0.3 is 0 Å². The van der Waals surface area contributed by atoms with Crippen molar-refractivity contribution in [2.45, 2.75) is 6.61 Å². The molecule has 0 unspecified atom stereocenters. The zero-order valence-corrected chi connectivity index (χ0v) is 13.1. The van der Waals surface area contributed by atoms with Gasteiger partial charge in [0.25, 0.3) is 5.91 Å². The number of nitrogens with one attached hydrogen (secondary N) is 1. The number of para-hydroxylation sites is 1. The molecule has 0 spiro atoms. The molecule has 3 rings (SSSR count). The van der Waals surface area contributed by atoms with Crippen LogP contribution in [0.3, 0.4) is 0 Å². The van der Waals surface area contributed by atoms with Crippen molar-refractivity contribution < 1.29 is 9.53 Å². The number of hydrazine groups is 1. The molecule has 120 valence electrons. The van der Waals surface area contributed by atoms with E-state index < -0.39 is 0 Å². The van der Waals surface area contributed by atoms with Gasteiger partial charge in [-0.05, 0) is 29.3 Å². The summed E-state index contributed by atoms with van der Waals surface area (Å²) in [6, 6.07) is 25.2. The van der Waals surface area contributed by atoms with Gasteiger partial charge in [-0.2, -0.15) is 0 Å². The first-order chi connectivity index (χ1) is 11.8. The van der Waals surface area contributed by atoms with Crippen molar-refractivity contribution in [3.8, 4) is 16.9 Å². The number of rotatable bonds is 5. The molecule has 4 nitrogen and oxygen atoms in total. The van der Waals surface area contributed by atoms with Gasteiger partial charge in [0.1, 0.15) is 12.4 Å². The molecule has 3 aromatic rings. The second kappa shape index (κ2) is 7.44. The lowest BCUT2D eigenvalue weighted by Crippen LogP contribution is -2.29. The summed E-state index contributed by atoms with van der Waals surface area (Å²) in [5, 5.41) is 0. The minimum absolute atomic E-state index is 0.308. The molecule has 0 saturated heterocycles. The van der Waals surface area contributed by atoms with Crippen LogP contribution in [0, 0.1) is 0 Å². The monoisotopic (exact) mass is 318 g/mol. The Morgan fingerprint density at radius 3 is 2.25 bits per heavy atom. The molecule has 0 bridgehead atoms. The van der Waals surface area contributed by atoms with Gasteiger partial charge in [-0.1, -0.05) is 60.7 Å². The number of amides is 1. The van der Waals surface area contributed by atoms with Gasteiger partial charge in [-0.15, -0.1) is 0 Å². The van der Waals surface area contributed by atoms with E-state index in [4.69, 9.17) is 10.6 Å². The third-order valence-electron chi connectivity index (χ3n) is 3.71. The van der Waals surface area contributed by atoms with Crippen LogP contribution in [-0.2, 0) is 6.61 Å². The summed E-state index contributed by atoms with van der Waals surface area (Å²) in [5.74, 6) is 5.64. The minimum Gasteiger partial charge on any atom is -0.488 e. The Morgan fingerprint density at radius 1 is 0.875 bits per heavy atom. The molecule has 3 aromatic carbocycles. The van der Waals surface area contributed by atoms with E-state index in [0.717, 1.165) is 22.4 Å². The first-order valence-electron chi connectivity index (χ1n) is 7.65. The van der Waals surface area contributed by atoms with Crippen LogP contribution in [0.1, 0.15) is 15.9 Å². The molecule has 0 radical (unpaired) electrons. The van der Waals surface area contributed by atoms with Crippen molar-refractivity contribution in [3.05, 3.63) is 90.0 Å². The third kappa shape index (κ3) is 3.62. The number of nitrogens with two attached hydrogens (primary N) is 1. The highest BCUT2D eigenvalue weighted by Gasteiger charge is 2.06. The van der Waals surface area contributed by atoms with Gasteiger partial charge in [0.2, 0.25) is 0 Å². The quantitative estimate of drug-likeness (QED) is 0.430. The van der Waals surface area contributed by atoms with Crippen LogP contribution < -0.4 is 16.0 Å². The Bertz CT molecular complexity index is 815. The normalized spacial score (nSPS) is 10.2. The van der Waals surface area contributed by atoms with Gasteiger partial charge < -0.3 is 4.74 Å². The number of benzene rings is 3. The number of carbonyl (C=O) groups excluding carboxylic acids is 1. The van der Waals surface area contributed by atoms with Crippen molar-refractivity contribution in [1.29, 1.82) is 0 Å². The van der Waals surface area contributed by atoms with Crippen LogP contribution >= 0.6 is 0 Å². The predicted octanol–water partition coefficient (Wildman–Crippen LogP) is 3.54. The van der Waals surface area contributed by atoms with E-state index in [1.807, 2.05) is 54.6 Å². The van der Waals surface area contributed by atoms with E-state index in [1.165, 1.54) is 0 Å². The summed E-state index contributed by atoms with van der Waals surface area (Å²) in [6.45, 7) is 0.425. The van der Waals surface area contributed by atoms with Crippen LogP contribution in [0.15, 0.2) is 78.9 Å². The van der Waals surface area contributed by atoms with Crippen molar-refractivity contribution in [2.75, 3.05) is 0 Å². The zero-order valence-electron chi connectivity index (χ0n) is 13.1. The minimum atomic E-state index is -0.308. The average molecular weight is 318 g/mol. The largest absolute Gasteiger partial charge is 0.488 e. The third-order valence-corrected chi connectivity index (χ3v) is 3.71. The molecule has 0 aromatic heterocycles. The summed E-state index contributed by atoms with van der Waals surface area (Å²) in [6.07, 6.45) is 0. The zero-order chi connectivity index (χ0) is 16.8. The van der Waals surface area contributed by atoms with E-state index in [2.05, 4.69) is 17.6 Å². The van der Waals surface area contributed by atoms with Gasteiger partial charge in [-0.25, -0.2) is 5.84 Å². The first-order valence-corrected chi connectivity index (χ1v) is 7.65. The number of hydrogen-bond acceptors (Lipinski definition) is 3. The van der Waals surface area contributed by atoms with E-state index >= 15 is 0 Å². The Kier molecular flexibility index (Phi) is 4.89. The highest BCUT2D eigenvalue weighted by molar-refractivity contribution is 5.93. The van der Waals surface area contributed by atoms with Crippen molar-refractivity contribution in [1.82, 2.24) is 5.43 Å². The molecule has 24 heavy (non-hydrogen) atoms. The van der Waals surface area contributed by atoms with Crippen LogP contribution in [0.5, 0.6) is 5.75 Å². The summed E-state index contributed by atoms with van der Waals surface area (Å²) >= 11 is 0. The molecule has 0 heterocycles. The van der Waals surface area contributed by atoms with E-state index in [-0.39, 0.29) is 5.91 Å². The molecule has 0 fully saturated rings. The van der Waals surface area contributed by atoms with Gasteiger partial charge in [0.05, 0.1) is 0 Å². The fraction of sp³-hybridized carbons (Fsp3) is 0.0500. The number of hydrogen-bond donors (Lipinski definition) is 2. The molecule has 0 atom stereocenters. The van der Waals surface area contributed by atoms with E-state index in [1.54, 1.807) is 12.1 Å². The average Bonchev–Trinajstić information content (AvgIpc) is 2.67. The molecular weight excluding hydrogens is 300 g/mol. The number of ether oxygens (including phenoxy) is 1. The lowest BCUT2D eigenvalue weighted by molar-refractivity contribution is 0.0953. The van der Waals surface area contributed by atoms with Gasteiger partial charge in [0, 0.05) is 11.1 Å². The molecule has 1 amide bonds. The topological polar surface area (TPSA) is 64.3 Å². The number of carbonyl (C=O) groups is 1. The molecule has 0 aliphatic rings. The lowest BCUT2D eigenvalue weighted by atomic mass is 10.0. The van der Waals surface area contributed by atoms with Gasteiger partial charge in [-0.3, -0.25) is 10.2 Å². The Hall–Kier alpha value is -3.11. The number of nitrogen functional groups attached to an aromatic ring is 1. The maximum Gasteiger partial charge on any atom is 0.265 e. The van der Waals surface area contributed by atoms with Crippen LogP contribution in [0.25, 0.3) is 11.1 Å². The molecule has 3 N–H and O–H groups in total. The summed E-state index contributed by atoms with van der Waals surface area (Å²) in [7, 11) is 0. The Balaban J connectivity index is 1.75. The summed E-state index contributed by atoms with van der Waals surface area (Å²) in [5.41, 5.74) is 5.78. The second-order valence-corrected chi connectivity index (χ2v) is 5.32. The lowest BCUT2D eigenvalue weighted by Gasteiger charge is -2.12. The Labute approximate surface area is 140 Å². The molecule has 0 aliphatic carbocycles. The van der Waals surface area contributed by atoms with Crippen LogP contribution in [0.4, 0.5) is 0 Å². The molecule has 0 aliphatic heterocycles. The molecule has 4 heteroatoms. The van der Waals surface area contributed by atoms with Crippen LogP contribution in [0.2, 0.25) is 0 Å². The standard InChI is InChI=1S/C20H18N2O2/c21-22-20(23)17-12-10-15(11-13-17)14-24-19-9-5-4-8-18(19)16-6-2-1-3-7-16/h1-13H,14,21H2,(H,22,23). The SMILES string of the molecule is NNC(=O)c1ccc(COc2ccccc2-c2ccccc2)cc1. The maximum absolute atomic E-state index is 11.4. The highest BCUT2D eigenvalue weighted by atomic mass is 16.5. The highest BCUT2D eigenvalue weighted by Crippen LogP contribution is 2.30. The Morgan fingerprint density at radius 2 is 1.54 bits per heavy atom. The van der Waals surface area contributed by atoms with E-state index in [0.29, 0.717) is 12.2 Å². The van der Waals surface area contributed by atoms with Crippen molar-refractivity contribution in [2.24, 2.45) is 5.84 Å². The van der Waals surface area contributed by atoms with E-state index in [9.17, 15) is 4.79 Å². The second-order valence-electron chi connectivity index (χ2n) is 5.32. The molecular formula is C20H18N2O2. The fourth-order valence-corrected chi connectivity index (χ4v) is 2.45. The first kappa shape index (κ1) is 15.8. The maximum atomic E-state index is 11.4. The van der Waals surface area contributed by atoms with Crippen molar-refractivity contribution in [3.63, 3.8) is 0 Å².